The lowest BCUT2D eigenvalue weighted by Gasteiger charge is -2.35. The highest BCUT2D eigenvalue weighted by Gasteiger charge is 2.36. The van der Waals surface area contributed by atoms with Gasteiger partial charge in [0.1, 0.15) is 5.54 Å². The van der Waals surface area contributed by atoms with E-state index in [4.69, 9.17) is 0 Å². The molecule has 2 N–H and O–H groups in total. The molecule has 104 valence electrons. The highest BCUT2D eigenvalue weighted by molar-refractivity contribution is 7.99. The van der Waals surface area contributed by atoms with Crippen LogP contribution in [0.15, 0.2) is 9.95 Å². The van der Waals surface area contributed by atoms with Crippen LogP contribution in [0.4, 0.5) is 0 Å². The average molecular weight is 281 g/mol. The SMILES string of the molecule is CCNC1(C#N)CCCC(Sc2n[nH]c(=O)n2C)C1. The molecule has 0 spiro atoms. The summed E-state index contributed by atoms with van der Waals surface area (Å²) < 4.78 is 1.51. The van der Waals surface area contributed by atoms with Gasteiger partial charge in [0.05, 0.1) is 6.07 Å². The Labute approximate surface area is 116 Å². The molecule has 0 aromatic carbocycles. The quantitative estimate of drug-likeness (QED) is 0.860. The van der Waals surface area contributed by atoms with Crippen LogP contribution in [0.3, 0.4) is 0 Å². The minimum Gasteiger partial charge on any atom is -0.300 e. The number of hydrogen-bond donors (Lipinski definition) is 2. The Morgan fingerprint density at radius 2 is 2.53 bits per heavy atom. The van der Waals surface area contributed by atoms with Crippen LogP contribution in [0.5, 0.6) is 0 Å². The normalized spacial score (nSPS) is 27.1. The second-order valence-electron chi connectivity index (χ2n) is 4.93. The summed E-state index contributed by atoms with van der Waals surface area (Å²) in [5.41, 5.74) is -0.614. The molecule has 1 aromatic rings. The van der Waals surface area contributed by atoms with Crippen molar-refractivity contribution < 1.29 is 0 Å². The van der Waals surface area contributed by atoms with Crippen LogP contribution in [-0.4, -0.2) is 32.1 Å². The summed E-state index contributed by atoms with van der Waals surface area (Å²) in [7, 11) is 1.71. The molecule has 19 heavy (non-hydrogen) atoms. The van der Waals surface area contributed by atoms with E-state index in [-0.39, 0.29) is 5.69 Å². The third-order valence-electron chi connectivity index (χ3n) is 3.55. The molecule has 0 amide bonds. The largest absolute Gasteiger partial charge is 0.343 e. The molecule has 2 rings (SSSR count). The maximum Gasteiger partial charge on any atom is 0.343 e. The summed E-state index contributed by atoms with van der Waals surface area (Å²) in [6.45, 7) is 2.82. The number of hydrogen-bond acceptors (Lipinski definition) is 5. The predicted octanol–water partition coefficient (Wildman–Crippen LogP) is 1.01. The van der Waals surface area contributed by atoms with Gasteiger partial charge in [0, 0.05) is 12.3 Å². The zero-order valence-corrected chi connectivity index (χ0v) is 12.1. The Balaban J connectivity index is 2.08. The first-order chi connectivity index (χ1) is 9.10. The molecule has 0 bridgehead atoms. The molecule has 7 heteroatoms. The number of nitrogens with one attached hydrogen (secondary N) is 2. The maximum absolute atomic E-state index is 11.3. The first-order valence-corrected chi connectivity index (χ1v) is 7.42. The fourth-order valence-electron chi connectivity index (χ4n) is 2.55. The standard InChI is InChI=1S/C12H19N5OS/c1-3-14-12(8-13)6-4-5-9(7-12)19-11-16-15-10(18)17(11)2/h9,14H,3-7H2,1-2H3,(H,15,18). The lowest BCUT2D eigenvalue weighted by Crippen LogP contribution is -2.48. The summed E-state index contributed by atoms with van der Waals surface area (Å²) in [5.74, 6) is 0. The van der Waals surface area contributed by atoms with Crippen molar-refractivity contribution in [2.24, 2.45) is 7.05 Å². The van der Waals surface area contributed by atoms with E-state index in [1.54, 1.807) is 18.8 Å². The molecular formula is C12H19N5OS. The van der Waals surface area contributed by atoms with Crippen molar-refractivity contribution in [3.63, 3.8) is 0 Å². The number of nitrogens with zero attached hydrogens (tertiary/aromatic N) is 3. The molecule has 6 nitrogen and oxygen atoms in total. The molecule has 1 heterocycles. The van der Waals surface area contributed by atoms with Crippen LogP contribution in [0.2, 0.25) is 0 Å². The van der Waals surface area contributed by atoms with Gasteiger partial charge in [-0.15, -0.1) is 5.10 Å². The van der Waals surface area contributed by atoms with Crippen molar-refractivity contribution in [1.82, 2.24) is 20.1 Å². The van der Waals surface area contributed by atoms with Gasteiger partial charge < -0.3 is 0 Å². The minimum atomic E-state index is -0.417. The minimum absolute atomic E-state index is 0.198. The lowest BCUT2D eigenvalue weighted by molar-refractivity contribution is 0.309. The van der Waals surface area contributed by atoms with Gasteiger partial charge in [-0.3, -0.25) is 9.88 Å². The van der Waals surface area contributed by atoms with Gasteiger partial charge >= 0.3 is 5.69 Å². The van der Waals surface area contributed by atoms with Crippen LogP contribution in [0.1, 0.15) is 32.6 Å². The van der Waals surface area contributed by atoms with E-state index >= 15 is 0 Å². The van der Waals surface area contributed by atoms with E-state index in [0.29, 0.717) is 10.4 Å². The van der Waals surface area contributed by atoms with Gasteiger partial charge in [0.2, 0.25) is 0 Å². The van der Waals surface area contributed by atoms with Crippen molar-refractivity contribution in [2.45, 2.75) is 48.6 Å². The van der Waals surface area contributed by atoms with Crippen molar-refractivity contribution in [2.75, 3.05) is 6.54 Å². The van der Waals surface area contributed by atoms with Crippen LogP contribution in [-0.2, 0) is 7.05 Å². The first-order valence-electron chi connectivity index (χ1n) is 6.54. The monoisotopic (exact) mass is 281 g/mol. The highest BCUT2D eigenvalue weighted by atomic mass is 32.2. The van der Waals surface area contributed by atoms with Gasteiger partial charge in [-0.1, -0.05) is 18.7 Å². The number of H-pyrrole nitrogens is 1. The van der Waals surface area contributed by atoms with Gasteiger partial charge in [-0.05, 0) is 32.2 Å². The molecule has 0 saturated heterocycles. The second-order valence-corrected chi connectivity index (χ2v) is 6.20. The lowest BCUT2D eigenvalue weighted by atomic mass is 9.82. The number of thioether (sulfide) groups is 1. The number of rotatable bonds is 4. The third-order valence-corrected chi connectivity index (χ3v) is 4.86. The Hall–Kier alpha value is -1.26. The van der Waals surface area contributed by atoms with E-state index in [1.165, 1.54) is 4.57 Å². The van der Waals surface area contributed by atoms with Gasteiger partial charge in [0.15, 0.2) is 5.16 Å². The van der Waals surface area contributed by atoms with Crippen molar-refractivity contribution in [1.29, 1.82) is 5.26 Å². The Morgan fingerprint density at radius 3 is 3.11 bits per heavy atom. The molecule has 1 aliphatic carbocycles. The average Bonchev–Trinajstić information content (AvgIpc) is 2.72. The third kappa shape index (κ3) is 3.01. The summed E-state index contributed by atoms with van der Waals surface area (Å²) in [4.78, 5) is 11.3. The number of aromatic nitrogens is 3. The zero-order chi connectivity index (χ0) is 13.9. The van der Waals surface area contributed by atoms with E-state index in [2.05, 4.69) is 21.6 Å². The summed E-state index contributed by atoms with van der Waals surface area (Å²) in [5, 5.41) is 20.2. The van der Waals surface area contributed by atoms with Gasteiger partial charge in [0.25, 0.3) is 0 Å². The number of nitriles is 1. The highest BCUT2D eigenvalue weighted by Crippen LogP contribution is 2.37. The maximum atomic E-state index is 11.3. The fourth-order valence-corrected chi connectivity index (χ4v) is 3.84. The summed E-state index contributed by atoms with van der Waals surface area (Å²) >= 11 is 1.59. The molecule has 2 unspecified atom stereocenters. The van der Waals surface area contributed by atoms with Crippen LogP contribution in [0.25, 0.3) is 0 Å². The first kappa shape index (κ1) is 14.2. The van der Waals surface area contributed by atoms with Crippen molar-refractivity contribution in [3.05, 3.63) is 10.5 Å². The zero-order valence-electron chi connectivity index (χ0n) is 11.3. The molecule has 1 fully saturated rings. The molecule has 2 atom stereocenters. The molecule has 0 radical (unpaired) electrons. The van der Waals surface area contributed by atoms with Crippen molar-refractivity contribution in [3.8, 4) is 6.07 Å². The predicted molar refractivity (Wildman–Crippen MR) is 74.0 cm³/mol. The van der Waals surface area contributed by atoms with Crippen molar-refractivity contribution >= 4 is 11.8 Å². The van der Waals surface area contributed by atoms with Gasteiger partial charge in [-0.2, -0.15) is 5.26 Å². The molecule has 1 aliphatic rings. The molecular weight excluding hydrogens is 262 g/mol. The fraction of sp³-hybridized carbons (Fsp3) is 0.750. The van der Waals surface area contributed by atoms with E-state index in [9.17, 15) is 10.1 Å². The topological polar surface area (TPSA) is 86.5 Å². The van der Waals surface area contributed by atoms with Crippen LogP contribution in [0, 0.1) is 11.3 Å². The Kier molecular flexibility index (Phi) is 4.32. The second kappa shape index (κ2) is 5.80. The van der Waals surface area contributed by atoms with Gasteiger partial charge in [-0.25, -0.2) is 9.89 Å². The summed E-state index contributed by atoms with van der Waals surface area (Å²) in [6, 6.07) is 2.43. The van der Waals surface area contributed by atoms with E-state index < -0.39 is 5.54 Å². The number of aromatic amines is 1. The smallest absolute Gasteiger partial charge is 0.300 e. The summed E-state index contributed by atoms with van der Waals surface area (Å²) in [6.07, 6.45) is 3.77. The van der Waals surface area contributed by atoms with Crippen LogP contribution >= 0.6 is 11.8 Å². The Bertz CT molecular complexity index is 527. The van der Waals surface area contributed by atoms with Crippen LogP contribution < -0.4 is 11.0 Å². The van der Waals surface area contributed by atoms with E-state index in [1.807, 2.05) is 6.92 Å². The molecule has 1 saturated carbocycles. The molecule has 1 aromatic heterocycles. The van der Waals surface area contributed by atoms with E-state index in [0.717, 1.165) is 32.2 Å². The molecule has 0 aliphatic heterocycles. The Morgan fingerprint density at radius 1 is 1.74 bits per heavy atom.